The molecule has 0 bridgehead atoms. The van der Waals surface area contributed by atoms with Gasteiger partial charge in [0.25, 0.3) is 0 Å². The SMILES string of the molecule is C=CCC/C(F)=C(\F)c1cc(F)c(C2COC(c3ccc(C(F)(F)Oc4cc(F)c(F)c(F)c4)cc3)OC2)c(F)c1. The fourth-order valence-electron chi connectivity index (χ4n) is 4.09. The Hall–Kier alpha value is -3.77. The molecule has 12 heteroatoms. The zero-order valence-corrected chi connectivity index (χ0v) is 21.0. The number of hydrogen-bond acceptors (Lipinski definition) is 3. The average molecular weight is 588 g/mol. The van der Waals surface area contributed by atoms with Gasteiger partial charge >= 0.3 is 6.11 Å². The van der Waals surface area contributed by atoms with Crippen LogP contribution in [-0.4, -0.2) is 13.2 Å². The fourth-order valence-corrected chi connectivity index (χ4v) is 4.09. The van der Waals surface area contributed by atoms with Crippen LogP contribution in [0.25, 0.3) is 5.83 Å². The largest absolute Gasteiger partial charge is 0.429 e. The van der Waals surface area contributed by atoms with Crippen LogP contribution in [0.1, 0.15) is 47.3 Å². The second-order valence-corrected chi connectivity index (χ2v) is 9.04. The molecule has 0 radical (unpaired) electrons. The van der Waals surface area contributed by atoms with Gasteiger partial charge in [0, 0.05) is 41.2 Å². The summed E-state index contributed by atoms with van der Waals surface area (Å²) < 4.78 is 142. The van der Waals surface area contributed by atoms with E-state index in [1.165, 1.54) is 18.2 Å². The number of hydrogen-bond donors (Lipinski definition) is 0. The van der Waals surface area contributed by atoms with E-state index in [0.717, 1.165) is 12.1 Å². The van der Waals surface area contributed by atoms with Crippen LogP contribution in [0.4, 0.5) is 39.5 Å². The smallest absolute Gasteiger partial charge is 0.426 e. The van der Waals surface area contributed by atoms with Crippen molar-refractivity contribution in [1.29, 1.82) is 0 Å². The van der Waals surface area contributed by atoms with E-state index in [2.05, 4.69) is 11.3 Å². The van der Waals surface area contributed by atoms with Crippen molar-refractivity contribution in [2.45, 2.75) is 31.2 Å². The summed E-state index contributed by atoms with van der Waals surface area (Å²) in [6.07, 6.45) is -3.96. The van der Waals surface area contributed by atoms with Crippen LogP contribution in [0, 0.1) is 29.1 Å². The summed E-state index contributed by atoms with van der Waals surface area (Å²) in [6, 6.07) is 6.12. The fraction of sp³-hybridized carbons (Fsp3) is 0.241. The molecule has 3 nitrogen and oxygen atoms in total. The van der Waals surface area contributed by atoms with Crippen LogP contribution in [-0.2, 0) is 15.6 Å². The third-order valence-corrected chi connectivity index (χ3v) is 6.17. The lowest BCUT2D eigenvalue weighted by Gasteiger charge is -2.30. The van der Waals surface area contributed by atoms with Crippen molar-refractivity contribution in [3.05, 3.63) is 118 Å². The first-order chi connectivity index (χ1) is 19.4. The maximum Gasteiger partial charge on any atom is 0.426 e. The minimum atomic E-state index is -4.06. The summed E-state index contributed by atoms with van der Waals surface area (Å²) in [7, 11) is 0. The van der Waals surface area contributed by atoms with E-state index in [-0.39, 0.29) is 43.8 Å². The van der Waals surface area contributed by atoms with Gasteiger partial charge in [-0.15, -0.1) is 6.58 Å². The van der Waals surface area contributed by atoms with Gasteiger partial charge in [-0.25, -0.2) is 30.7 Å². The molecule has 1 heterocycles. The Kier molecular flexibility index (Phi) is 9.13. The first-order valence-corrected chi connectivity index (χ1v) is 12.1. The molecule has 0 unspecified atom stereocenters. The molecule has 1 fully saturated rings. The minimum Gasteiger partial charge on any atom is -0.429 e. The first kappa shape index (κ1) is 30.2. The number of rotatable bonds is 9. The van der Waals surface area contributed by atoms with Gasteiger partial charge in [-0.3, -0.25) is 0 Å². The zero-order valence-electron chi connectivity index (χ0n) is 21.0. The van der Waals surface area contributed by atoms with E-state index in [9.17, 15) is 39.5 Å². The molecule has 0 atom stereocenters. The van der Waals surface area contributed by atoms with Crippen molar-refractivity contribution in [3.63, 3.8) is 0 Å². The van der Waals surface area contributed by atoms with Gasteiger partial charge in [-0.1, -0.05) is 18.2 Å². The second-order valence-electron chi connectivity index (χ2n) is 9.04. The van der Waals surface area contributed by atoms with Gasteiger partial charge in [0.05, 0.1) is 18.8 Å². The Balaban J connectivity index is 1.42. The molecule has 218 valence electrons. The highest BCUT2D eigenvalue weighted by Crippen LogP contribution is 2.37. The van der Waals surface area contributed by atoms with E-state index >= 15 is 0 Å². The van der Waals surface area contributed by atoms with Crippen LogP contribution in [0.3, 0.4) is 0 Å². The first-order valence-electron chi connectivity index (χ1n) is 12.1. The number of ether oxygens (including phenoxy) is 3. The van der Waals surface area contributed by atoms with Crippen LogP contribution in [0.2, 0.25) is 0 Å². The highest BCUT2D eigenvalue weighted by molar-refractivity contribution is 5.61. The predicted octanol–water partition coefficient (Wildman–Crippen LogP) is 8.91. The van der Waals surface area contributed by atoms with Crippen LogP contribution in [0.15, 0.2) is 67.0 Å². The highest BCUT2D eigenvalue weighted by Gasteiger charge is 2.36. The lowest BCUT2D eigenvalue weighted by molar-refractivity contribution is -0.193. The quantitative estimate of drug-likeness (QED) is 0.142. The van der Waals surface area contributed by atoms with Crippen LogP contribution >= 0.6 is 0 Å². The molecule has 3 aromatic rings. The van der Waals surface area contributed by atoms with Crippen molar-refractivity contribution in [3.8, 4) is 5.75 Å². The molecule has 41 heavy (non-hydrogen) atoms. The Bertz CT molecular complexity index is 1400. The normalized spacial score (nSPS) is 18.2. The third kappa shape index (κ3) is 6.76. The van der Waals surface area contributed by atoms with Gasteiger partial charge in [-0.2, -0.15) is 8.78 Å². The second kappa shape index (κ2) is 12.4. The van der Waals surface area contributed by atoms with E-state index in [0.29, 0.717) is 12.1 Å². The molecule has 3 aromatic carbocycles. The zero-order chi connectivity index (χ0) is 29.9. The average Bonchev–Trinajstić information content (AvgIpc) is 2.94. The lowest BCUT2D eigenvalue weighted by Crippen LogP contribution is -2.27. The summed E-state index contributed by atoms with van der Waals surface area (Å²) in [6.45, 7) is 2.88. The summed E-state index contributed by atoms with van der Waals surface area (Å²) in [4.78, 5) is 0. The van der Waals surface area contributed by atoms with Crippen molar-refractivity contribution >= 4 is 5.83 Å². The standard InChI is InChI=1S/C29H21F9O3/c1-2-3-4-20(30)26(35)16-9-21(31)25(22(32)10-16)17-13-39-28(40-14-17)15-5-7-18(8-6-15)29(37,38)41-19-11-23(33)27(36)24(34)12-19/h2,5-12,17,28H,1,3-4,13-14H2/b26-20+. The van der Waals surface area contributed by atoms with Gasteiger partial charge in [0.1, 0.15) is 23.2 Å². The summed E-state index contributed by atoms with van der Waals surface area (Å²) in [5.74, 6) is -12.0. The Morgan fingerprint density at radius 3 is 1.98 bits per heavy atom. The molecule has 0 N–H and O–H groups in total. The molecule has 0 amide bonds. The number of halogens is 9. The van der Waals surface area contributed by atoms with E-state index in [1.54, 1.807) is 0 Å². The molecule has 0 saturated carbocycles. The lowest BCUT2D eigenvalue weighted by atomic mass is 9.96. The molecule has 1 aliphatic rings. The van der Waals surface area contributed by atoms with Gasteiger partial charge < -0.3 is 14.2 Å². The molecule has 4 rings (SSSR count). The van der Waals surface area contributed by atoms with Crippen molar-refractivity contribution in [2.24, 2.45) is 0 Å². The van der Waals surface area contributed by atoms with E-state index in [1.807, 2.05) is 0 Å². The molecule has 0 aliphatic carbocycles. The third-order valence-electron chi connectivity index (χ3n) is 6.17. The molecular formula is C29H21F9O3. The van der Waals surface area contributed by atoms with Crippen molar-refractivity contribution < 1.29 is 53.7 Å². The topological polar surface area (TPSA) is 27.7 Å². The van der Waals surface area contributed by atoms with Gasteiger partial charge in [0.2, 0.25) is 0 Å². The maximum atomic E-state index is 14.7. The molecule has 1 aliphatic heterocycles. The van der Waals surface area contributed by atoms with Gasteiger partial charge in [0.15, 0.2) is 29.6 Å². The van der Waals surface area contributed by atoms with Gasteiger partial charge in [-0.05, 0) is 30.7 Å². The number of allylic oxidation sites excluding steroid dienone is 2. The minimum absolute atomic E-state index is 0.137. The van der Waals surface area contributed by atoms with E-state index < -0.39 is 81.5 Å². The number of alkyl halides is 2. The predicted molar refractivity (Wildman–Crippen MR) is 130 cm³/mol. The Morgan fingerprint density at radius 2 is 1.44 bits per heavy atom. The monoisotopic (exact) mass is 588 g/mol. The summed E-state index contributed by atoms with van der Waals surface area (Å²) in [5.41, 5.74) is -1.52. The maximum absolute atomic E-state index is 14.7. The molecule has 0 spiro atoms. The van der Waals surface area contributed by atoms with Crippen LogP contribution in [0.5, 0.6) is 5.75 Å². The Morgan fingerprint density at radius 1 is 0.878 bits per heavy atom. The Labute approximate surface area is 228 Å². The van der Waals surface area contributed by atoms with Crippen LogP contribution < -0.4 is 4.74 Å². The van der Waals surface area contributed by atoms with Crippen molar-refractivity contribution in [2.75, 3.05) is 13.2 Å². The number of benzene rings is 3. The molecular weight excluding hydrogens is 567 g/mol. The summed E-state index contributed by atoms with van der Waals surface area (Å²) in [5, 5.41) is 0. The summed E-state index contributed by atoms with van der Waals surface area (Å²) >= 11 is 0. The molecule has 0 aromatic heterocycles. The van der Waals surface area contributed by atoms with Crippen molar-refractivity contribution in [1.82, 2.24) is 0 Å². The van der Waals surface area contributed by atoms with E-state index in [4.69, 9.17) is 9.47 Å². The highest BCUT2D eigenvalue weighted by atomic mass is 19.3. The molecule has 1 saturated heterocycles.